The van der Waals surface area contributed by atoms with Crippen LogP contribution in [0, 0.1) is 0 Å². The highest BCUT2D eigenvalue weighted by Crippen LogP contribution is 2.31. The van der Waals surface area contributed by atoms with Crippen molar-refractivity contribution in [2.45, 2.75) is 44.8 Å². The minimum atomic E-state index is -0.0742. The Hall–Kier alpha value is -2.60. The van der Waals surface area contributed by atoms with E-state index in [1.165, 1.54) is 24.0 Å². The number of hydrogen-bond acceptors (Lipinski definition) is 4. The number of nitrogens with one attached hydrogen (secondary N) is 1. The summed E-state index contributed by atoms with van der Waals surface area (Å²) in [5, 5.41) is 3.48. The van der Waals surface area contributed by atoms with E-state index in [0.29, 0.717) is 23.2 Å². The number of hydrogen-bond donors (Lipinski definition) is 1. The van der Waals surface area contributed by atoms with Crippen LogP contribution in [0.15, 0.2) is 40.4 Å². The Balaban J connectivity index is 1.25. The Kier molecular flexibility index (Phi) is 4.01. The third-order valence-corrected chi connectivity index (χ3v) is 5.54. The van der Waals surface area contributed by atoms with Crippen LogP contribution in [0.5, 0.6) is 5.75 Å². The van der Waals surface area contributed by atoms with E-state index in [2.05, 4.69) is 17.4 Å². The smallest absolute Gasteiger partial charge is 0.276 e. The topological polar surface area (TPSA) is 54.7 Å². The number of aryl methyl sites for hydroxylation is 2. The van der Waals surface area contributed by atoms with Gasteiger partial charge in [-0.1, -0.05) is 6.07 Å². The second-order valence-electron chi connectivity index (χ2n) is 7.27. The summed E-state index contributed by atoms with van der Waals surface area (Å²) in [5.74, 6) is 2.12. The second-order valence-corrected chi connectivity index (χ2v) is 7.66. The molecule has 1 amide bonds. The van der Waals surface area contributed by atoms with Gasteiger partial charge in [-0.3, -0.25) is 9.69 Å². The summed E-state index contributed by atoms with van der Waals surface area (Å²) in [6.45, 7) is 0.357. The zero-order valence-electron chi connectivity index (χ0n) is 14.9. The fraction of sp³-hybridized carbons (Fsp3) is 0.333. The first-order valence-corrected chi connectivity index (χ1v) is 9.78. The molecule has 0 unspecified atom stereocenters. The molecule has 138 valence electrons. The molecule has 1 aromatic heterocycles. The Bertz CT molecular complexity index is 958. The van der Waals surface area contributed by atoms with Crippen LogP contribution in [0.4, 0.5) is 0 Å². The van der Waals surface area contributed by atoms with Crippen molar-refractivity contribution in [3.63, 3.8) is 0 Å². The normalized spacial score (nSPS) is 20.3. The molecule has 2 aliphatic carbocycles. The van der Waals surface area contributed by atoms with Crippen LogP contribution < -0.4 is 10.1 Å². The Labute approximate surface area is 163 Å². The Morgan fingerprint density at radius 1 is 1.22 bits per heavy atom. The van der Waals surface area contributed by atoms with E-state index in [1.807, 2.05) is 18.2 Å². The molecule has 0 atom stereocenters. The lowest BCUT2D eigenvalue weighted by Gasteiger charge is -2.11. The van der Waals surface area contributed by atoms with Crippen molar-refractivity contribution in [3.05, 3.63) is 58.7 Å². The molecule has 2 aromatic rings. The van der Waals surface area contributed by atoms with Gasteiger partial charge in [-0.2, -0.15) is 0 Å². The monoisotopic (exact) mass is 380 g/mol. The maximum atomic E-state index is 12.5. The molecule has 2 fully saturated rings. The molecule has 3 aliphatic rings. The predicted molar refractivity (Wildman–Crippen MR) is 105 cm³/mol. The van der Waals surface area contributed by atoms with Crippen LogP contribution in [0.2, 0.25) is 0 Å². The van der Waals surface area contributed by atoms with Crippen LogP contribution in [0.1, 0.15) is 41.9 Å². The van der Waals surface area contributed by atoms with Gasteiger partial charge in [0.05, 0.1) is 0 Å². The van der Waals surface area contributed by atoms with Gasteiger partial charge in [0.2, 0.25) is 0 Å². The highest BCUT2D eigenvalue weighted by Gasteiger charge is 2.41. The van der Waals surface area contributed by atoms with E-state index >= 15 is 0 Å². The number of carbonyl (C=O) groups excluding carboxylic acids is 1. The molecule has 5 nitrogen and oxygen atoms in total. The lowest BCUT2D eigenvalue weighted by atomic mass is 10.1. The summed E-state index contributed by atoms with van der Waals surface area (Å²) < 4.78 is 11.7. The maximum Gasteiger partial charge on any atom is 0.276 e. The van der Waals surface area contributed by atoms with Crippen LogP contribution in [-0.2, 0) is 24.2 Å². The number of carbonyl (C=O) groups is 1. The molecule has 2 heterocycles. The van der Waals surface area contributed by atoms with Crippen molar-refractivity contribution < 1.29 is 13.9 Å². The molecule has 1 aromatic carbocycles. The number of amides is 1. The van der Waals surface area contributed by atoms with E-state index in [4.69, 9.17) is 21.4 Å². The van der Waals surface area contributed by atoms with Crippen molar-refractivity contribution in [3.8, 4) is 5.75 Å². The first-order chi connectivity index (χ1) is 13.2. The molecule has 1 N–H and O–H groups in total. The van der Waals surface area contributed by atoms with Gasteiger partial charge in [0, 0.05) is 12.1 Å². The SMILES string of the molecule is O=C1/C(=C\c2ccc(COc3ccc4c(c3)CCC4)o2)NC(=S)N1C1CC1. The van der Waals surface area contributed by atoms with Crippen LogP contribution >= 0.6 is 12.2 Å². The van der Waals surface area contributed by atoms with E-state index in [9.17, 15) is 4.79 Å². The Morgan fingerprint density at radius 2 is 2.07 bits per heavy atom. The van der Waals surface area contributed by atoms with Crippen molar-refractivity contribution in [1.29, 1.82) is 0 Å². The van der Waals surface area contributed by atoms with Crippen molar-refractivity contribution >= 4 is 29.3 Å². The predicted octanol–water partition coefficient (Wildman–Crippen LogP) is 3.57. The van der Waals surface area contributed by atoms with Crippen LogP contribution in [-0.4, -0.2) is 22.0 Å². The van der Waals surface area contributed by atoms with E-state index in [1.54, 1.807) is 11.0 Å². The van der Waals surface area contributed by atoms with Gasteiger partial charge in [-0.05, 0) is 79.7 Å². The van der Waals surface area contributed by atoms with Gasteiger partial charge in [0.15, 0.2) is 5.11 Å². The minimum absolute atomic E-state index is 0.0742. The molecule has 0 spiro atoms. The zero-order valence-corrected chi connectivity index (χ0v) is 15.7. The quantitative estimate of drug-likeness (QED) is 0.635. The Morgan fingerprint density at radius 3 is 2.93 bits per heavy atom. The lowest BCUT2D eigenvalue weighted by molar-refractivity contribution is -0.122. The molecule has 1 saturated carbocycles. The highest BCUT2D eigenvalue weighted by atomic mass is 32.1. The average molecular weight is 380 g/mol. The van der Waals surface area contributed by atoms with E-state index < -0.39 is 0 Å². The minimum Gasteiger partial charge on any atom is -0.486 e. The molecule has 27 heavy (non-hydrogen) atoms. The van der Waals surface area contributed by atoms with E-state index in [-0.39, 0.29) is 11.9 Å². The second kappa shape index (κ2) is 6.53. The first-order valence-electron chi connectivity index (χ1n) is 9.37. The van der Waals surface area contributed by atoms with Crippen molar-refractivity contribution in [1.82, 2.24) is 10.2 Å². The summed E-state index contributed by atoms with van der Waals surface area (Å²) in [5.41, 5.74) is 3.29. The molecular formula is C21H20N2O3S. The number of nitrogens with zero attached hydrogens (tertiary/aromatic N) is 1. The van der Waals surface area contributed by atoms with Gasteiger partial charge in [0.1, 0.15) is 29.6 Å². The summed E-state index contributed by atoms with van der Waals surface area (Å²) in [7, 11) is 0. The molecular weight excluding hydrogens is 360 g/mol. The number of fused-ring (bicyclic) bond motifs is 1. The number of benzene rings is 1. The first kappa shape index (κ1) is 16.6. The van der Waals surface area contributed by atoms with E-state index in [0.717, 1.165) is 30.8 Å². The molecule has 5 rings (SSSR count). The summed E-state index contributed by atoms with van der Waals surface area (Å²) >= 11 is 5.26. The number of thiocarbonyl (C=S) groups is 1. The summed E-state index contributed by atoms with van der Waals surface area (Å²) in [6.07, 6.45) is 7.27. The maximum absolute atomic E-state index is 12.5. The average Bonchev–Trinajstić information content (AvgIpc) is 3.10. The number of furan rings is 1. The fourth-order valence-electron chi connectivity index (χ4n) is 3.70. The van der Waals surface area contributed by atoms with Crippen molar-refractivity contribution in [2.75, 3.05) is 0 Å². The molecule has 0 radical (unpaired) electrons. The van der Waals surface area contributed by atoms with Crippen molar-refractivity contribution in [2.24, 2.45) is 0 Å². The van der Waals surface area contributed by atoms with Gasteiger partial charge in [-0.15, -0.1) is 0 Å². The third-order valence-electron chi connectivity index (χ3n) is 5.24. The molecule has 6 heteroatoms. The van der Waals surface area contributed by atoms with Gasteiger partial charge >= 0.3 is 0 Å². The van der Waals surface area contributed by atoms with Gasteiger partial charge in [-0.25, -0.2) is 0 Å². The summed E-state index contributed by atoms with van der Waals surface area (Å²) in [4.78, 5) is 14.1. The molecule has 1 saturated heterocycles. The number of rotatable bonds is 5. The lowest BCUT2D eigenvalue weighted by Crippen LogP contribution is -2.32. The molecule has 1 aliphatic heterocycles. The standard InChI is InChI=1S/C21H20N2O3S/c24-20-19(22-21(27)23(20)15-5-6-15)11-17-8-9-18(26-17)12-25-16-7-4-13-2-1-3-14(13)10-16/h4,7-11,15H,1-3,5-6,12H2,(H,22,27)/b19-11+. The van der Waals surface area contributed by atoms with Crippen LogP contribution in [0.3, 0.4) is 0 Å². The summed E-state index contributed by atoms with van der Waals surface area (Å²) in [6, 6.07) is 10.3. The largest absolute Gasteiger partial charge is 0.486 e. The molecule has 0 bridgehead atoms. The fourth-order valence-corrected chi connectivity index (χ4v) is 4.04. The van der Waals surface area contributed by atoms with Crippen LogP contribution in [0.25, 0.3) is 6.08 Å². The highest BCUT2D eigenvalue weighted by molar-refractivity contribution is 7.80. The van der Waals surface area contributed by atoms with Gasteiger partial charge in [0.25, 0.3) is 5.91 Å². The van der Waals surface area contributed by atoms with Gasteiger partial charge < -0.3 is 14.5 Å². The zero-order chi connectivity index (χ0) is 18.4. The number of ether oxygens (including phenoxy) is 1. The third kappa shape index (κ3) is 3.25.